The van der Waals surface area contributed by atoms with Crippen molar-refractivity contribution >= 4 is 52.0 Å². The van der Waals surface area contributed by atoms with E-state index in [9.17, 15) is 9.59 Å². The highest BCUT2D eigenvalue weighted by Crippen LogP contribution is 2.23. The summed E-state index contributed by atoms with van der Waals surface area (Å²) >= 11 is 15.9. The number of hydrogen-bond donors (Lipinski definition) is 1. The van der Waals surface area contributed by atoms with Crippen molar-refractivity contribution < 1.29 is 14.7 Å². The van der Waals surface area contributed by atoms with E-state index in [-0.39, 0.29) is 21.9 Å². The maximum absolute atomic E-state index is 11.6. The second-order valence-electron chi connectivity index (χ2n) is 2.96. The van der Waals surface area contributed by atoms with E-state index in [1.54, 1.807) is 0 Å². The van der Waals surface area contributed by atoms with E-state index >= 15 is 0 Å². The van der Waals surface area contributed by atoms with Crippen LogP contribution in [-0.4, -0.2) is 21.7 Å². The van der Waals surface area contributed by atoms with E-state index < -0.39 is 11.8 Å². The topological polar surface area (TPSA) is 54.4 Å². The number of carboxylic acid groups (broad SMARTS) is 1. The molecule has 3 nitrogen and oxygen atoms in total. The van der Waals surface area contributed by atoms with E-state index in [0.29, 0.717) is 5.02 Å². The number of rotatable bonds is 4. The first kappa shape index (κ1) is 13.1. The van der Waals surface area contributed by atoms with Gasteiger partial charge >= 0.3 is 5.97 Å². The summed E-state index contributed by atoms with van der Waals surface area (Å²) in [6.07, 6.45) is -0.317. The van der Waals surface area contributed by atoms with E-state index in [1.807, 2.05) is 0 Å². The Bertz CT molecular complexity index is 471. The first-order valence-corrected chi connectivity index (χ1v) is 5.32. The average Bonchev–Trinajstić information content (AvgIpc) is 2.21. The predicted molar refractivity (Wildman–Crippen MR) is 65.6 cm³/mol. The van der Waals surface area contributed by atoms with Crippen LogP contribution in [-0.2, 0) is 4.79 Å². The van der Waals surface area contributed by atoms with E-state index in [2.05, 4.69) is 12.2 Å². The Morgan fingerprint density at radius 2 is 1.88 bits per heavy atom. The van der Waals surface area contributed by atoms with E-state index in [0.717, 1.165) is 0 Å². The number of carbonyl (C=O) groups is 2. The van der Waals surface area contributed by atoms with Gasteiger partial charge in [-0.25, -0.2) is 4.79 Å². The summed E-state index contributed by atoms with van der Waals surface area (Å²) in [6.45, 7) is 0. The molecular formula is C10H6Cl2O3S. The number of carbonyl (C=O) groups excluding carboxylic acids is 1. The van der Waals surface area contributed by atoms with Crippen LogP contribution in [0.4, 0.5) is 0 Å². The largest absolute Gasteiger partial charge is 0.477 e. The number of halogens is 2. The van der Waals surface area contributed by atoms with Crippen molar-refractivity contribution in [2.75, 3.05) is 0 Å². The summed E-state index contributed by atoms with van der Waals surface area (Å²) in [5.74, 6) is -1.66. The summed E-state index contributed by atoms with van der Waals surface area (Å²) in [7, 11) is 0. The fourth-order valence-corrected chi connectivity index (χ4v) is 1.42. The van der Waals surface area contributed by atoms with E-state index in [4.69, 9.17) is 28.3 Å². The summed E-state index contributed by atoms with van der Waals surface area (Å²) in [5, 5.41) is 9.11. The van der Waals surface area contributed by atoms with Gasteiger partial charge in [-0.2, -0.15) is 0 Å². The second-order valence-corrected chi connectivity index (χ2v) is 4.26. The Kier molecular flexibility index (Phi) is 4.41. The van der Waals surface area contributed by atoms with Crippen LogP contribution in [0, 0.1) is 0 Å². The Morgan fingerprint density at radius 3 is 2.38 bits per heavy atom. The monoisotopic (exact) mass is 276 g/mol. The van der Waals surface area contributed by atoms with Crippen LogP contribution in [0.3, 0.4) is 0 Å². The standard InChI is InChI=1S/C10H6Cl2O3S/c11-6-2-1-5(3-7(6)12)8(13)4-9(16)10(14)15/h1-3H,4H2,(H,14,15). The third-order valence-electron chi connectivity index (χ3n) is 1.80. The summed E-state index contributed by atoms with van der Waals surface area (Å²) < 4.78 is 0. The SMILES string of the molecule is O=C(O)C(=S)CC(=O)c1ccc(Cl)c(Cl)c1. The van der Waals surface area contributed by atoms with Gasteiger partial charge in [0.15, 0.2) is 5.78 Å². The molecule has 1 N–H and O–H groups in total. The number of hydrogen-bond acceptors (Lipinski definition) is 3. The van der Waals surface area contributed by atoms with Crippen molar-refractivity contribution in [2.45, 2.75) is 6.42 Å². The minimum atomic E-state index is -1.26. The fourth-order valence-electron chi connectivity index (χ4n) is 0.993. The van der Waals surface area contributed by atoms with Gasteiger partial charge in [-0.15, -0.1) is 0 Å². The first-order valence-electron chi connectivity index (χ1n) is 4.16. The number of aliphatic carboxylic acids is 1. The lowest BCUT2D eigenvalue weighted by molar-refractivity contribution is -0.129. The fraction of sp³-hybridized carbons (Fsp3) is 0.100. The molecule has 0 radical (unpaired) electrons. The highest BCUT2D eigenvalue weighted by molar-refractivity contribution is 7.82. The molecule has 1 rings (SSSR count). The number of thiocarbonyl (C=S) groups is 1. The quantitative estimate of drug-likeness (QED) is 0.679. The van der Waals surface area contributed by atoms with Crippen molar-refractivity contribution in [2.24, 2.45) is 0 Å². The summed E-state index contributed by atoms with van der Waals surface area (Å²) in [6, 6.07) is 4.33. The molecule has 0 unspecified atom stereocenters. The molecule has 0 aromatic heterocycles. The molecule has 16 heavy (non-hydrogen) atoms. The number of carboxylic acids is 1. The number of Topliss-reactive ketones (excluding diaryl/α,β-unsaturated/α-hetero) is 1. The molecule has 0 saturated carbocycles. The normalized spacial score (nSPS) is 9.88. The predicted octanol–water partition coefficient (Wildman–Crippen LogP) is 3.02. The van der Waals surface area contributed by atoms with Crippen LogP contribution in [0.25, 0.3) is 0 Å². The molecule has 0 atom stereocenters. The van der Waals surface area contributed by atoms with Crippen molar-refractivity contribution in [1.29, 1.82) is 0 Å². The van der Waals surface area contributed by atoms with Crippen LogP contribution in [0.15, 0.2) is 18.2 Å². The van der Waals surface area contributed by atoms with Gasteiger partial charge in [-0.1, -0.05) is 35.4 Å². The third kappa shape index (κ3) is 3.27. The van der Waals surface area contributed by atoms with Crippen LogP contribution in [0.2, 0.25) is 10.0 Å². The number of benzene rings is 1. The average molecular weight is 277 g/mol. The lowest BCUT2D eigenvalue weighted by Crippen LogP contribution is -2.15. The Labute approximate surface area is 107 Å². The second kappa shape index (κ2) is 5.39. The van der Waals surface area contributed by atoms with Crippen LogP contribution in [0.5, 0.6) is 0 Å². The van der Waals surface area contributed by atoms with Crippen molar-refractivity contribution in [3.8, 4) is 0 Å². The summed E-state index contributed by atoms with van der Waals surface area (Å²) in [5.41, 5.74) is 0.290. The van der Waals surface area contributed by atoms with Gasteiger partial charge in [0.2, 0.25) is 0 Å². The minimum absolute atomic E-state index is 0.244. The minimum Gasteiger partial charge on any atom is -0.477 e. The highest BCUT2D eigenvalue weighted by Gasteiger charge is 2.14. The molecule has 0 spiro atoms. The van der Waals surface area contributed by atoms with Crippen LogP contribution < -0.4 is 0 Å². The molecule has 1 aromatic rings. The molecule has 0 bridgehead atoms. The molecule has 0 saturated heterocycles. The molecule has 0 amide bonds. The van der Waals surface area contributed by atoms with Gasteiger partial charge in [0, 0.05) is 5.56 Å². The molecular weight excluding hydrogens is 271 g/mol. The summed E-state index contributed by atoms with van der Waals surface area (Å²) in [4.78, 5) is 21.7. The third-order valence-corrected chi connectivity index (χ3v) is 2.86. The zero-order chi connectivity index (χ0) is 12.3. The van der Waals surface area contributed by atoms with Gasteiger partial charge in [0.05, 0.1) is 16.5 Å². The highest BCUT2D eigenvalue weighted by atomic mass is 35.5. The van der Waals surface area contributed by atoms with Crippen molar-refractivity contribution in [1.82, 2.24) is 0 Å². The molecule has 84 valence electrons. The Balaban J connectivity index is 2.85. The smallest absolute Gasteiger partial charge is 0.342 e. The zero-order valence-electron chi connectivity index (χ0n) is 7.87. The molecule has 0 aliphatic carbocycles. The lowest BCUT2D eigenvalue weighted by atomic mass is 10.1. The van der Waals surface area contributed by atoms with Gasteiger partial charge in [0.25, 0.3) is 0 Å². The Hall–Kier alpha value is -0.970. The van der Waals surface area contributed by atoms with E-state index in [1.165, 1.54) is 18.2 Å². The molecule has 0 aliphatic rings. The van der Waals surface area contributed by atoms with Crippen LogP contribution >= 0.6 is 35.4 Å². The molecule has 6 heteroatoms. The maximum atomic E-state index is 11.6. The van der Waals surface area contributed by atoms with Crippen molar-refractivity contribution in [3.05, 3.63) is 33.8 Å². The molecule has 0 heterocycles. The Morgan fingerprint density at radius 1 is 1.25 bits per heavy atom. The molecule has 0 fully saturated rings. The van der Waals surface area contributed by atoms with Gasteiger partial charge in [0.1, 0.15) is 4.86 Å². The first-order chi connectivity index (χ1) is 7.41. The number of ketones is 1. The van der Waals surface area contributed by atoms with Crippen molar-refractivity contribution in [3.63, 3.8) is 0 Å². The van der Waals surface area contributed by atoms with Gasteiger partial charge in [-0.05, 0) is 18.2 Å². The van der Waals surface area contributed by atoms with Crippen LogP contribution in [0.1, 0.15) is 16.8 Å². The molecule has 1 aromatic carbocycles. The van der Waals surface area contributed by atoms with Gasteiger partial charge < -0.3 is 5.11 Å². The zero-order valence-corrected chi connectivity index (χ0v) is 10.2. The maximum Gasteiger partial charge on any atom is 0.342 e. The molecule has 0 aliphatic heterocycles. The van der Waals surface area contributed by atoms with Gasteiger partial charge in [-0.3, -0.25) is 4.79 Å². The lowest BCUT2D eigenvalue weighted by Gasteiger charge is -2.01.